The minimum Gasteiger partial charge on any atom is -0.331 e. The molecule has 1 atom stereocenters. The number of nitrogens with zero attached hydrogens (tertiary/aromatic N) is 3. The zero-order valence-electron chi connectivity index (χ0n) is 14.6. The number of hydrogen-bond donors (Lipinski definition) is 2. The van der Waals surface area contributed by atoms with Gasteiger partial charge in [0.2, 0.25) is 5.13 Å². The summed E-state index contributed by atoms with van der Waals surface area (Å²) in [6, 6.07) is 11.1. The maximum Gasteiger partial charge on any atom is 0.321 e. The van der Waals surface area contributed by atoms with Crippen LogP contribution >= 0.6 is 11.3 Å². The van der Waals surface area contributed by atoms with E-state index < -0.39 is 15.9 Å². The molecule has 0 aliphatic carbocycles. The van der Waals surface area contributed by atoms with Crippen molar-refractivity contribution in [3.8, 4) is 10.7 Å². The molecule has 140 valence electrons. The van der Waals surface area contributed by atoms with Crippen LogP contribution in [0.25, 0.3) is 10.7 Å². The summed E-state index contributed by atoms with van der Waals surface area (Å²) in [4.78, 5) is 16.6. The van der Waals surface area contributed by atoms with Crippen molar-refractivity contribution in [1.29, 1.82) is 0 Å². The largest absolute Gasteiger partial charge is 0.331 e. The van der Waals surface area contributed by atoms with Crippen LogP contribution in [0.3, 0.4) is 0 Å². The number of pyridine rings is 1. The van der Waals surface area contributed by atoms with Crippen molar-refractivity contribution in [3.05, 3.63) is 54.2 Å². The summed E-state index contributed by atoms with van der Waals surface area (Å²) in [5.41, 5.74) is 1.46. The van der Waals surface area contributed by atoms with Crippen molar-refractivity contribution in [2.75, 3.05) is 11.6 Å². The number of rotatable bonds is 5. The van der Waals surface area contributed by atoms with E-state index in [0.29, 0.717) is 15.8 Å². The minimum atomic E-state index is -3.25. The minimum absolute atomic E-state index is 0.235. The number of aromatic nitrogens is 3. The number of benzene rings is 1. The average Bonchev–Trinajstić information content (AvgIpc) is 3.10. The molecule has 10 heteroatoms. The predicted molar refractivity (Wildman–Crippen MR) is 103 cm³/mol. The Kier molecular flexibility index (Phi) is 5.47. The van der Waals surface area contributed by atoms with Crippen molar-refractivity contribution in [2.45, 2.75) is 17.9 Å². The van der Waals surface area contributed by atoms with Crippen molar-refractivity contribution in [3.63, 3.8) is 0 Å². The highest BCUT2D eigenvalue weighted by molar-refractivity contribution is 7.90. The number of carbonyl (C=O) groups is 1. The standard InChI is InChI=1S/C17H17N5O3S2/c1-11(12-6-8-13(9-7-12)27(2,24)25)19-16(23)20-17-22-21-15(26-17)14-5-3-4-10-18-14/h3-11H,1-2H3,(H2,19,20,22,23). The molecule has 0 aliphatic heterocycles. The molecule has 8 nitrogen and oxygen atoms in total. The van der Waals surface area contributed by atoms with Crippen LogP contribution in [-0.4, -0.2) is 35.9 Å². The molecule has 0 aliphatic rings. The first-order chi connectivity index (χ1) is 12.8. The third kappa shape index (κ3) is 4.86. The van der Waals surface area contributed by atoms with E-state index in [-0.39, 0.29) is 10.9 Å². The Balaban J connectivity index is 1.61. The number of nitrogens with one attached hydrogen (secondary N) is 2. The van der Waals surface area contributed by atoms with Crippen LogP contribution in [0.4, 0.5) is 9.93 Å². The molecule has 3 aromatic rings. The van der Waals surface area contributed by atoms with Crippen LogP contribution in [-0.2, 0) is 9.84 Å². The number of urea groups is 1. The Morgan fingerprint density at radius 3 is 2.48 bits per heavy atom. The molecule has 2 aromatic heterocycles. The van der Waals surface area contributed by atoms with Crippen LogP contribution < -0.4 is 10.6 Å². The number of anilines is 1. The van der Waals surface area contributed by atoms with Crippen LogP contribution in [0.15, 0.2) is 53.6 Å². The summed E-state index contributed by atoms with van der Waals surface area (Å²) in [7, 11) is -3.25. The summed E-state index contributed by atoms with van der Waals surface area (Å²) in [5.74, 6) is 0. The monoisotopic (exact) mass is 403 g/mol. The topological polar surface area (TPSA) is 114 Å². The average molecular weight is 403 g/mol. The fourth-order valence-corrected chi connectivity index (χ4v) is 3.63. The van der Waals surface area contributed by atoms with Crippen LogP contribution in [0.2, 0.25) is 0 Å². The number of hydrogen-bond acceptors (Lipinski definition) is 7. The zero-order chi connectivity index (χ0) is 19.4. The number of sulfone groups is 1. The third-order valence-electron chi connectivity index (χ3n) is 3.69. The lowest BCUT2D eigenvalue weighted by Crippen LogP contribution is -2.31. The van der Waals surface area contributed by atoms with Gasteiger partial charge in [-0.2, -0.15) is 0 Å². The highest BCUT2D eigenvalue weighted by Crippen LogP contribution is 2.24. The van der Waals surface area contributed by atoms with Gasteiger partial charge in [0, 0.05) is 12.5 Å². The van der Waals surface area contributed by atoms with Crippen molar-refractivity contribution < 1.29 is 13.2 Å². The molecule has 0 saturated heterocycles. The summed E-state index contributed by atoms with van der Waals surface area (Å²) in [6.07, 6.45) is 2.81. The van der Waals surface area contributed by atoms with E-state index in [9.17, 15) is 13.2 Å². The Bertz CT molecular complexity index is 1030. The van der Waals surface area contributed by atoms with Crippen molar-refractivity contribution in [1.82, 2.24) is 20.5 Å². The highest BCUT2D eigenvalue weighted by Gasteiger charge is 2.14. The van der Waals surface area contributed by atoms with E-state index in [1.165, 1.54) is 23.5 Å². The maximum atomic E-state index is 12.2. The van der Waals surface area contributed by atoms with E-state index in [0.717, 1.165) is 11.8 Å². The lowest BCUT2D eigenvalue weighted by atomic mass is 10.1. The first kappa shape index (κ1) is 18.9. The Hall–Kier alpha value is -2.85. The highest BCUT2D eigenvalue weighted by atomic mass is 32.2. The first-order valence-electron chi connectivity index (χ1n) is 7.95. The summed E-state index contributed by atoms with van der Waals surface area (Å²) >= 11 is 1.22. The molecule has 0 spiro atoms. The fourth-order valence-electron chi connectivity index (χ4n) is 2.28. The second kappa shape index (κ2) is 7.80. The van der Waals surface area contributed by atoms with E-state index in [4.69, 9.17) is 0 Å². The third-order valence-corrected chi connectivity index (χ3v) is 5.67. The molecule has 1 aromatic carbocycles. The van der Waals surface area contributed by atoms with E-state index in [1.807, 2.05) is 12.1 Å². The van der Waals surface area contributed by atoms with Gasteiger partial charge in [-0.25, -0.2) is 13.2 Å². The van der Waals surface area contributed by atoms with Gasteiger partial charge in [0.25, 0.3) is 0 Å². The molecule has 27 heavy (non-hydrogen) atoms. The second-order valence-electron chi connectivity index (χ2n) is 5.79. The lowest BCUT2D eigenvalue weighted by molar-refractivity contribution is 0.249. The van der Waals surface area contributed by atoms with E-state index in [2.05, 4.69) is 25.8 Å². The summed E-state index contributed by atoms with van der Waals surface area (Å²) in [5, 5.41) is 14.3. The number of amides is 2. The molecule has 0 fully saturated rings. The van der Waals surface area contributed by atoms with Crippen LogP contribution in [0.5, 0.6) is 0 Å². The molecule has 0 bridgehead atoms. The molecular formula is C17H17N5O3S2. The fraction of sp³-hybridized carbons (Fsp3) is 0.176. The smallest absolute Gasteiger partial charge is 0.321 e. The van der Waals surface area contributed by atoms with Crippen LogP contribution in [0, 0.1) is 0 Å². The summed E-state index contributed by atoms with van der Waals surface area (Å²) in [6.45, 7) is 1.80. The Morgan fingerprint density at radius 1 is 1.11 bits per heavy atom. The Labute approximate surface area is 160 Å². The van der Waals surface area contributed by atoms with Gasteiger partial charge in [0.15, 0.2) is 14.8 Å². The molecule has 0 radical (unpaired) electrons. The van der Waals surface area contributed by atoms with E-state index in [1.54, 1.807) is 31.3 Å². The molecule has 2 N–H and O–H groups in total. The van der Waals surface area contributed by atoms with Crippen molar-refractivity contribution in [2.24, 2.45) is 0 Å². The van der Waals surface area contributed by atoms with Gasteiger partial charge < -0.3 is 5.32 Å². The van der Waals surface area contributed by atoms with Crippen molar-refractivity contribution >= 4 is 32.3 Å². The second-order valence-corrected chi connectivity index (χ2v) is 8.78. The Morgan fingerprint density at radius 2 is 1.85 bits per heavy atom. The SMILES string of the molecule is CC(NC(=O)Nc1nnc(-c2ccccn2)s1)c1ccc(S(C)(=O)=O)cc1. The summed E-state index contributed by atoms with van der Waals surface area (Å²) < 4.78 is 23.0. The first-order valence-corrected chi connectivity index (χ1v) is 10.7. The van der Waals surface area contributed by atoms with E-state index >= 15 is 0 Å². The lowest BCUT2D eigenvalue weighted by Gasteiger charge is -2.14. The molecule has 3 rings (SSSR count). The molecular weight excluding hydrogens is 386 g/mol. The van der Waals surface area contributed by atoms with Gasteiger partial charge in [0.05, 0.1) is 10.9 Å². The quantitative estimate of drug-likeness (QED) is 0.677. The van der Waals surface area contributed by atoms with Gasteiger partial charge in [-0.1, -0.05) is 29.5 Å². The van der Waals surface area contributed by atoms with Gasteiger partial charge in [-0.15, -0.1) is 10.2 Å². The zero-order valence-corrected chi connectivity index (χ0v) is 16.2. The van der Waals surface area contributed by atoms with Gasteiger partial charge >= 0.3 is 6.03 Å². The van der Waals surface area contributed by atoms with Gasteiger partial charge in [-0.3, -0.25) is 10.3 Å². The maximum absolute atomic E-state index is 12.2. The normalized spacial score (nSPS) is 12.4. The van der Waals surface area contributed by atoms with Gasteiger partial charge in [-0.05, 0) is 36.8 Å². The van der Waals surface area contributed by atoms with Crippen LogP contribution in [0.1, 0.15) is 18.5 Å². The predicted octanol–water partition coefficient (Wildman–Crippen LogP) is 2.89. The van der Waals surface area contributed by atoms with Gasteiger partial charge in [0.1, 0.15) is 5.69 Å². The molecule has 0 saturated carbocycles. The molecule has 2 heterocycles. The number of carbonyl (C=O) groups excluding carboxylic acids is 1. The molecule has 1 unspecified atom stereocenters. The molecule has 2 amide bonds.